The largest absolute Gasteiger partial charge is 0.457 e. The van der Waals surface area contributed by atoms with Crippen molar-refractivity contribution in [3.8, 4) is 12.0 Å². The van der Waals surface area contributed by atoms with Crippen LogP contribution in [0.5, 0.6) is 0 Å². The van der Waals surface area contributed by atoms with Gasteiger partial charge in [-0.2, -0.15) is 10.4 Å². The Morgan fingerprint density at radius 2 is 2.12 bits per heavy atom. The van der Waals surface area contributed by atoms with Crippen molar-refractivity contribution in [1.82, 2.24) is 25.1 Å². The minimum atomic E-state index is -0.717. The molecule has 1 aromatic carbocycles. The molecular formula is C23H22N6O3. The number of aromatic nitrogens is 4. The zero-order valence-corrected chi connectivity index (χ0v) is 17.6. The van der Waals surface area contributed by atoms with Crippen molar-refractivity contribution in [2.24, 2.45) is 0 Å². The Kier molecular flexibility index (Phi) is 5.17. The Hall–Kier alpha value is -3.61. The van der Waals surface area contributed by atoms with Crippen molar-refractivity contribution in [2.75, 3.05) is 6.54 Å². The van der Waals surface area contributed by atoms with E-state index in [2.05, 4.69) is 26.5 Å². The van der Waals surface area contributed by atoms with Gasteiger partial charge in [0, 0.05) is 42.5 Å². The second kappa shape index (κ2) is 8.15. The van der Waals surface area contributed by atoms with Gasteiger partial charge in [0.25, 0.3) is 0 Å². The van der Waals surface area contributed by atoms with Crippen molar-refractivity contribution in [3.63, 3.8) is 0 Å². The molecule has 0 amide bonds. The van der Waals surface area contributed by atoms with E-state index >= 15 is 0 Å². The molecule has 1 fully saturated rings. The molecule has 5 rings (SSSR count). The summed E-state index contributed by atoms with van der Waals surface area (Å²) in [6, 6.07) is 5.68. The molecule has 1 atom stereocenters. The molecule has 0 bridgehead atoms. The molecule has 2 N–H and O–H groups in total. The second-order valence-corrected chi connectivity index (χ2v) is 8.18. The summed E-state index contributed by atoms with van der Waals surface area (Å²) in [7, 11) is 0. The third-order valence-electron chi connectivity index (χ3n) is 5.96. The van der Waals surface area contributed by atoms with E-state index in [-0.39, 0.29) is 12.6 Å². The molecule has 1 saturated carbocycles. The van der Waals surface area contributed by atoms with Crippen LogP contribution >= 0.6 is 0 Å². The predicted molar refractivity (Wildman–Crippen MR) is 113 cm³/mol. The first-order valence-electron chi connectivity index (χ1n) is 10.5. The van der Waals surface area contributed by atoms with Gasteiger partial charge in [-0.25, -0.2) is 19.4 Å². The molecule has 1 aliphatic heterocycles. The number of aliphatic hydroxyl groups excluding tert-OH is 1. The Balaban J connectivity index is 1.20. The number of carbonyl (C=O) groups excluding carboxylic acids is 1. The van der Waals surface area contributed by atoms with Crippen LogP contribution in [0.3, 0.4) is 0 Å². The first kappa shape index (κ1) is 20.3. The number of nitrogens with one attached hydrogen (secondary N) is 1. The van der Waals surface area contributed by atoms with Crippen LogP contribution in [0.1, 0.15) is 68.7 Å². The fourth-order valence-corrected chi connectivity index (χ4v) is 3.98. The number of esters is 1. The lowest BCUT2D eigenvalue weighted by Gasteiger charge is -2.16. The summed E-state index contributed by atoms with van der Waals surface area (Å²) >= 11 is 0. The zero-order chi connectivity index (χ0) is 22.2. The minimum Gasteiger partial charge on any atom is -0.457 e. The van der Waals surface area contributed by atoms with E-state index in [0.29, 0.717) is 36.1 Å². The van der Waals surface area contributed by atoms with Gasteiger partial charge in [0.2, 0.25) is 5.95 Å². The maximum atomic E-state index is 11.7. The van der Waals surface area contributed by atoms with Gasteiger partial charge in [0.1, 0.15) is 12.7 Å². The van der Waals surface area contributed by atoms with E-state index in [1.54, 1.807) is 35.4 Å². The fourth-order valence-electron chi connectivity index (χ4n) is 3.98. The number of ether oxygens (including phenoxy) is 1. The van der Waals surface area contributed by atoms with Gasteiger partial charge in [0.15, 0.2) is 0 Å². The number of benzene rings is 1. The topological polar surface area (TPSA) is 126 Å². The van der Waals surface area contributed by atoms with Crippen molar-refractivity contribution in [1.29, 1.82) is 5.26 Å². The Labute approximate surface area is 184 Å². The average molecular weight is 430 g/mol. The first-order chi connectivity index (χ1) is 15.5. The molecule has 162 valence electrons. The van der Waals surface area contributed by atoms with Crippen LogP contribution in [0.25, 0.3) is 5.95 Å². The number of nitrogens with zero attached hydrogens (tertiary/aromatic N) is 5. The van der Waals surface area contributed by atoms with E-state index in [9.17, 15) is 15.2 Å². The predicted octanol–water partition coefficient (Wildman–Crippen LogP) is 2.21. The van der Waals surface area contributed by atoms with Crippen LogP contribution in [-0.4, -0.2) is 37.4 Å². The van der Waals surface area contributed by atoms with Gasteiger partial charge in [-0.15, -0.1) is 0 Å². The van der Waals surface area contributed by atoms with Gasteiger partial charge >= 0.3 is 5.97 Å². The highest BCUT2D eigenvalue weighted by atomic mass is 16.5. The molecular weight excluding hydrogens is 408 g/mol. The number of cyclic esters (lactones) is 1. The van der Waals surface area contributed by atoms with Crippen molar-refractivity contribution in [3.05, 3.63) is 69.8 Å². The summed E-state index contributed by atoms with van der Waals surface area (Å²) in [5, 5.41) is 27.6. The highest BCUT2D eigenvalue weighted by molar-refractivity contribution is 5.93. The number of rotatable bonds is 7. The maximum Gasteiger partial charge on any atom is 0.338 e. The third kappa shape index (κ3) is 3.75. The van der Waals surface area contributed by atoms with Crippen LogP contribution in [0.4, 0.5) is 0 Å². The summed E-state index contributed by atoms with van der Waals surface area (Å²) in [5.41, 5.74) is 5.35. The molecule has 9 nitrogen and oxygen atoms in total. The molecule has 3 heterocycles. The third-order valence-corrected chi connectivity index (χ3v) is 5.96. The summed E-state index contributed by atoms with van der Waals surface area (Å²) in [6.45, 7) is 2.98. The Morgan fingerprint density at radius 3 is 2.84 bits per heavy atom. The molecule has 9 heteroatoms. The number of hydrogen-bond donors (Lipinski definition) is 2. The summed E-state index contributed by atoms with van der Waals surface area (Å²) < 4.78 is 6.63. The molecule has 1 unspecified atom stereocenters. The number of nitriles is 1. The molecule has 2 aromatic heterocycles. The molecule has 2 aliphatic rings. The van der Waals surface area contributed by atoms with Crippen LogP contribution < -0.4 is 5.32 Å². The maximum absolute atomic E-state index is 11.7. The lowest BCUT2D eigenvalue weighted by molar-refractivity contribution is 0.0535. The van der Waals surface area contributed by atoms with Gasteiger partial charge < -0.3 is 15.2 Å². The molecule has 0 saturated heterocycles. The SMILES string of the molecule is Cc1c(C(O)CNCc2cnc(-n3cc(C#N)c(C4CC4)n3)nc2)ccc2c1COC2=O. The molecule has 0 radical (unpaired) electrons. The van der Waals surface area contributed by atoms with Crippen LogP contribution in [0.15, 0.2) is 30.7 Å². The standard InChI is InChI=1S/C23H22N6O3/c1-13-17(4-5-18-19(13)12-32-22(18)31)20(30)10-25-7-14-8-26-23(27-9-14)29-11-16(6-24)21(28-29)15-2-3-15/h4-5,8-9,11,15,20,25,30H,2-3,7,10,12H2,1H3. The van der Waals surface area contributed by atoms with Crippen LogP contribution in [-0.2, 0) is 17.9 Å². The van der Waals surface area contributed by atoms with Crippen LogP contribution in [0, 0.1) is 18.3 Å². The highest BCUT2D eigenvalue weighted by Crippen LogP contribution is 2.40. The Morgan fingerprint density at radius 1 is 1.34 bits per heavy atom. The number of aliphatic hydroxyl groups is 1. The molecule has 3 aromatic rings. The molecule has 0 spiro atoms. The van der Waals surface area contributed by atoms with E-state index in [0.717, 1.165) is 40.8 Å². The fraction of sp³-hybridized carbons (Fsp3) is 0.348. The van der Waals surface area contributed by atoms with Crippen molar-refractivity contribution in [2.45, 2.75) is 44.9 Å². The van der Waals surface area contributed by atoms with Crippen molar-refractivity contribution < 1.29 is 14.6 Å². The van der Waals surface area contributed by atoms with E-state index in [1.165, 1.54) is 0 Å². The normalized spacial score (nSPS) is 15.8. The quantitative estimate of drug-likeness (QED) is 0.547. The minimum absolute atomic E-state index is 0.256. The zero-order valence-electron chi connectivity index (χ0n) is 17.6. The lowest BCUT2D eigenvalue weighted by Crippen LogP contribution is -2.22. The van der Waals surface area contributed by atoms with Gasteiger partial charge in [-0.05, 0) is 37.0 Å². The van der Waals surface area contributed by atoms with Crippen LogP contribution in [0.2, 0.25) is 0 Å². The number of fused-ring (bicyclic) bond motifs is 1. The number of hydrogen-bond acceptors (Lipinski definition) is 8. The van der Waals surface area contributed by atoms with E-state index in [1.807, 2.05) is 6.92 Å². The number of carbonyl (C=O) groups is 1. The summed E-state index contributed by atoms with van der Waals surface area (Å²) in [4.78, 5) is 20.4. The molecule has 1 aliphatic carbocycles. The van der Waals surface area contributed by atoms with Gasteiger partial charge in [-0.3, -0.25) is 0 Å². The van der Waals surface area contributed by atoms with E-state index < -0.39 is 6.10 Å². The van der Waals surface area contributed by atoms with Gasteiger partial charge in [0.05, 0.1) is 29.1 Å². The highest BCUT2D eigenvalue weighted by Gasteiger charge is 2.30. The first-order valence-corrected chi connectivity index (χ1v) is 10.5. The summed E-state index contributed by atoms with van der Waals surface area (Å²) in [5.74, 6) is 0.485. The monoisotopic (exact) mass is 430 g/mol. The summed E-state index contributed by atoms with van der Waals surface area (Å²) in [6.07, 6.45) is 6.51. The van der Waals surface area contributed by atoms with Gasteiger partial charge in [-0.1, -0.05) is 6.07 Å². The van der Waals surface area contributed by atoms with E-state index in [4.69, 9.17) is 4.74 Å². The lowest BCUT2D eigenvalue weighted by atomic mass is 9.95. The van der Waals surface area contributed by atoms with Crippen molar-refractivity contribution >= 4 is 5.97 Å². The average Bonchev–Trinajstić information content (AvgIpc) is 3.44. The Bertz CT molecular complexity index is 1220. The second-order valence-electron chi connectivity index (χ2n) is 8.18. The smallest absolute Gasteiger partial charge is 0.338 e. The molecule has 32 heavy (non-hydrogen) atoms.